The topological polar surface area (TPSA) is 114 Å². The zero-order valence-corrected chi connectivity index (χ0v) is 25.7. The Hall–Kier alpha value is -3.95. The van der Waals surface area contributed by atoms with Gasteiger partial charge in [-0.05, 0) is 54.1 Å². The number of hydrogen-bond acceptors (Lipinski definition) is 8. The van der Waals surface area contributed by atoms with Crippen LogP contribution in [0.2, 0.25) is 0 Å². The Morgan fingerprint density at radius 3 is 2.30 bits per heavy atom. The number of alkyl halides is 5. The van der Waals surface area contributed by atoms with Crippen molar-refractivity contribution in [2.45, 2.75) is 49.2 Å². The number of rotatable bonds is 13. The number of halogens is 5. The molecule has 250 valence electrons. The quantitative estimate of drug-likeness (QED) is 0.237. The third-order valence-electron chi connectivity index (χ3n) is 7.55. The summed E-state index contributed by atoms with van der Waals surface area (Å²) >= 11 is 0. The first-order chi connectivity index (χ1) is 21.7. The van der Waals surface area contributed by atoms with Gasteiger partial charge in [-0.25, -0.2) is 8.42 Å². The van der Waals surface area contributed by atoms with Gasteiger partial charge < -0.3 is 29.5 Å². The lowest BCUT2D eigenvalue weighted by Crippen LogP contribution is -2.34. The summed E-state index contributed by atoms with van der Waals surface area (Å²) in [6.07, 6.45) is -4.87. The number of methoxy groups -OCH3 is 1. The average Bonchev–Trinajstić information content (AvgIpc) is 3.44. The monoisotopic (exact) mass is 672 g/mol. The average molecular weight is 673 g/mol. The number of sulfone groups is 1. The van der Waals surface area contributed by atoms with Crippen LogP contribution in [0.5, 0.6) is 11.5 Å². The Labute approximate surface area is 262 Å². The van der Waals surface area contributed by atoms with Gasteiger partial charge >= 0.3 is 12.8 Å². The van der Waals surface area contributed by atoms with Crippen LogP contribution in [-0.2, 0) is 20.8 Å². The van der Waals surface area contributed by atoms with Gasteiger partial charge in [-0.15, -0.1) is 0 Å². The van der Waals surface area contributed by atoms with Crippen molar-refractivity contribution in [3.63, 3.8) is 0 Å². The molecule has 1 fully saturated rings. The number of carbonyl (C=O) groups excluding carboxylic acids is 1. The first-order valence-corrected chi connectivity index (χ1v) is 15.8. The van der Waals surface area contributed by atoms with E-state index in [0.29, 0.717) is 11.3 Å². The van der Waals surface area contributed by atoms with E-state index < -0.39 is 58.9 Å². The molecule has 3 aromatic carbocycles. The predicted octanol–water partition coefficient (Wildman–Crippen LogP) is 5.24. The van der Waals surface area contributed by atoms with Crippen molar-refractivity contribution < 1.29 is 54.5 Å². The number of aliphatic hydroxyl groups excluding tert-OH is 1. The highest BCUT2D eigenvalue weighted by Gasteiger charge is 2.36. The molecule has 0 bridgehead atoms. The maximum absolute atomic E-state index is 13.2. The molecule has 2 N–H and O–H groups in total. The zero-order chi connectivity index (χ0) is 33.6. The van der Waals surface area contributed by atoms with Crippen LogP contribution in [0.1, 0.15) is 40.9 Å². The number of amides is 1. The summed E-state index contributed by atoms with van der Waals surface area (Å²) in [5.74, 6) is -0.364. The van der Waals surface area contributed by atoms with Crippen molar-refractivity contribution >= 4 is 21.4 Å². The highest BCUT2D eigenvalue weighted by atomic mass is 32.2. The van der Waals surface area contributed by atoms with Crippen LogP contribution in [0.15, 0.2) is 71.6 Å². The number of nitrogens with zero attached hydrogens (tertiary/aromatic N) is 1. The molecule has 1 aliphatic heterocycles. The molecule has 1 heterocycles. The van der Waals surface area contributed by atoms with E-state index in [1.165, 1.54) is 62.6 Å². The van der Waals surface area contributed by atoms with Crippen molar-refractivity contribution in [2.75, 3.05) is 37.5 Å². The highest BCUT2D eigenvalue weighted by molar-refractivity contribution is 7.91. The summed E-state index contributed by atoms with van der Waals surface area (Å²) in [6.45, 7) is -2.18. The standard InChI is InChI=1S/C31H33F5N2O7S/c1-3-46(41,42)25-11-4-19(5-12-25)27(17-39)37-29(40)26-13-8-21(15-28(26)43-2)38-16-24(14-22(38)18-44-30(32)33)45-23-9-6-20(7-10-23)31(34,35)36/h4-13,15,22,24,27,30,39H,3,14,16-18H2,1-2H3,(H,37,40)/t22-,24-,27?/m0/s1. The van der Waals surface area contributed by atoms with Gasteiger partial charge in [-0.2, -0.15) is 22.0 Å². The summed E-state index contributed by atoms with van der Waals surface area (Å²) in [6, 6.07) is 13.1. The molecule has 0 aromatic heterocycles. The number of aliphatic hydroxyl groups is 1. The number of nitrogens with one attached hydrogen (secondary N) is 1. The van der Waals surface area contributed by atoms with E-state index in [2.05, 4.69) is 10.1 Å². The van der Waals surface area contributed by atoms with E-state index in [1.807, 2.05) is 0 Å². The minimum Gasteiger partial charge on any atom is -0.496 e. The zero-order valence-electron chi connectivity index (χ0n) is 24.8. The summed E-state index contributed by atoms with van der Waals surface area (Å²) in [4.78, 5) is 15.1. The predicted molar refractivity (Wildman–Crippen MR) is 158 cm³/mol. The van der Waals surface area contributed by atoms with E-state index >= 15 is 0 Å². The lowest BCUT2D eigenvalue weighted by molar-refractivity contribution is -0.137. The Bertz CT molecular complexity index is 1590. The molecule has 0 aliphatic carbocycles. The Balaban J connectivity index is 1.51. The van der Waals surface area contributed by atoms with E-state index in [1.54, 1.807) is 11.0 Å². The van der Waals surface area contributed by atoms with Gasteiger partial charge in [0.05, 0.1) is 60.7 Å². The van der Waals surface area contributed by atoms with E-state index in [0.717, 1.165) is 12.1 Å². The number of ether oxygens (including phenoxy) is 3. The summed E-state index contributed by atoms with van der Waals surface area (Å²) in [5, 5.41) is 12.7. The van der Waals surface area contributed by atoms with Crippen molar-refractivity contribution in [3.8, 4) is 11.5 Å². The fourth-order valence-electron chi connectivity index (χ4n) is 5.12. The van der Waals surface area contributed by atoms with Gasteiger partial charge in [0, 0.05) is 18.2 Å². The van der Waals surface area contributed by atoms with Gasteiger partial charge in [0.1, 0.15) is 17.6 Å². The molecule has 3 aromatic rings. The molecule has 46 heavy (non-hydrogen) atoms. The molecule has 1 saturated heterocycles. The van der Waals surface area contributed by atoms with Crippen LogP contribution in [0, 0.1) is 0 Å². The number of anilines is 1. The second-order valence-corrected chi connectivity index (χ2v) is 12.7. The molecule has 3 atom stereocenters. The van der Waals surface area contributed by atoms with Crippen LogP contribution in [0.25, 0.3) is 0 Å². The summed E-state index contributed by atoms with van der Waals surface area (Å²) < 4.78 is 105. The maximum atomic E-state index is 13.2. The third kappa shape index (κ3) is 8.44. The SMILES string of the molecule is CCS(=O)(=O)c1ccc(C(CO)NC(=O)c2ccc(N3C[C@@H](Oc4ccc(C(F)(F)F)cc4)C[C@H]3COC(F)F)cc2OC)cc1. The number of hydrogen-bond donors (Lipinski definition) is 2. The molecule has 1 aliphatic rings. The summed E-state index contributed by atoms with van der Waals surface area (Å²) in [7, 11) is -2.09. The molecule has 1 amide bonds. The fourth-order valence-corrected chi connectivity index (χ4v) is 6.01. The lowest BCUT2D eigenvalue weighted by atomic mass is 10.1. The molecule has 9 nitrogen and oxygen atoms in total. The lowest BCUT2D eigenvalue weighted by Gasteiger charge is -2.27. The van der Waals surface area contributed by atoms with Crippen LogP contribution >= 0.6 is 0 Å². The van der Waals surface area contributed by atoms with Crippen molar-refractivity contribution in [3.05, 3.63) is 83.4 Å². The minimum absolute atomic E-state index is 0.0768. The largest absolute Gasteiger partial charge is 0.496 e. The Kier molecular flexibility index (Phi) is 11.1. The highest BCUT2D eigenvalue weighted by Crippen LogP contribution is 2.34. The molecule has 0 radical (unpaired) electrons. The molecule has 4 rings (SSSR count). The second-order valence-electron chi connectivity index (χ2n) is 10.5. The van der Waals surface area contributed by atoms with Crippen molar-refractivity contribution in [1.82, 2.24) is 5.32 Å². The van der Waals surface area contributed by atoms with Gasteiger partial charge in [0.15, 0.2) is 9.84 Å². The van der Waals surface area contributed by atoms with E-state index in [-0.39, 0.29) is 47.3 Å². The fraction of sp³-hybridized carbons (Fsp3) is 0.387. The first-order valence-electron chi connectivity index (χ1n) is 14.2. The summed E-state index contributed by atoms with van der Waals surface area (Å²) in [5.41, 5.74) is 0.228. The number of benzene rings is 3. The molecular weight excluding hydrogens is 639 g/mol. The van der Waals surface area contributed by atoms with E-state index in [4.69, 9.17) is 9.47 Å². The third-order valence-corrected chi connectivity index (χ3v) is 9.30. The van der Waals surface area contributed by atoms with Crippen LogP contribution in [0.4, 0.5) is 27.6 Å². The molecule has 15 heteroatoms. The minimum atomic E-state index is -4.51. The maximum Gasteiger partial charge on any atom is 0.416 e. The van der Waals surface area contributed by atoms with Crippen molar-refractivity contribution in [1.29, 1.82) is 0 Å². The van der Waals surface area contributed by atoms with Gasteiger partial charge in [0.2, 0.25) is 0 Å². The van der Waals surface area contributed by atoms with Gasteiger partial charge in [0.25, 0.3) is 5.91 Å². The van der Waals surface area contributed by atoms with Crippen LogP contribution in [0.3, 0.4) is 0 Å². The Morgan fingerprint density at radius 2 is 1.74 bits per heavy atom. The molecular formula is C31H33F5N2O7S. The Morgan fingerprint density at radius 1 is 1.07 bits per heavy atom. The first kappa shape index (κ1) is 34.9. The molecule has 0 spiro atoms. The van der Waals surface area contributed by atoms with E-state index in [9.17, 15) is 40.3 Å². The second kappa shape index (κ2) is 14.6. The molecule has 1 unspecified atom stereocenters. The molecule has 0 saturated carbocycles. The number of carbonyl (C=O) groups is 1. The van der Waals surface area contributed by atoms with Crippen LogP contribution in [-0.4, -0.2) is 70.8 Å². The van der Waals surface area contributed by atoms with Crippen LogP contribution < -0.4 is 19.7 Å². The van der Waals surface area contributed by atoms with Crippen molar-refractivity contribution in [2.24, 2.45) is 0 Å². The normalized spacial score (nSPS) is 17.6. The smallest absolute Gasteiger partial charge is 0.416 e. The van der Waals surface area contributed by atoms with Gasteiger partial charge in [-0.1, -0.05) is 19.1 Å². The van der Waals surface area contributed by atoms with Gasteiger partial charge in [-0.3, -0.25) is 4.79 Å².